The van der Waals surface area contributed by atoms with E-state index in [2.05, 4.69) is 24.1 Å². The first-order valence-electron chi connectivity index (χ1n) is 6.82. The van der Waals surface area contributed by atoms with Gasteiger partial charge in [-0.1, -0.05) is 26.7 Å². The largest absolute Gasteiger partial charge is 0.314 e. The molecular weight excluding hydrogens is 184 g/mol. The van der Waals surface area contributed by atoms with Crippen molar-refractivity contribution in [3.63, 3.8) is 0 Å². The molecule has 0 aromatic heterocycles. The lowest BCUT2D eigenvalue weighted by Crippen LogP contribution is -2.23. The number of hydrogen-bond acceptors (Lipinski definition) is 2. The average molecular weight is 212 g/mol. The zero-order chi connectivity index (χ0) is 10.9. The van der Waals surface area contributed by atoms with Crippen LogP contribution in [0.2, 0.25) is 0 Å². The van der Waals surface area contributed by atoms with E-state index in [1.807, 2.05) is 0 Å². The van der Waals surface area contributed by atoms with E-state index in [0.717, 1.165) is 6.04 Å². The molecule has 90 valence electrons. The van der Waals surface area contributed by atoms with Crippen LogP contribution in [0.15, 0.2) is 0 Å². The van der Waals surface area contributed by atoms with Crippen LogP contribution in [0.1, 0.15) is 52.4 Å². The number of nitrogens with zero attached hydrogens (tertiary/aromatic N) is 1. The van der Waals surface area contributed by atoms with Crippen molar-refractivity contribution in [1.29, 1.82) is 0 Å². The minimum Gasteiger partial charge on any atom is -0.314 e. The number of rotatable bonds is 10. The summed E-state index contributed by atoms with van der Waals surface area (Å²) in [5, 5.41) is 3.57. The second kappa shape index (κ2) is 8.12. The third kappa shape index (κ3) is 6.91. The quantitative estimate of drug-likeness (QED) is 0.560. The summed E-state index contributed by atoms with van der Waals surface area (Å²) in [5.41, 5.74) is 0. The molecule has 1 N–H and O–H groups in total. The van der Waals surface area contributed by atoms with Crippen molar-refractivity contribution in [3.05, 3.63) is 0 Å². The van der Waals surface area contributed by atoms with Gasteiger partial charge in [0.05, 0.1) is 0 Å². The summed E-state index contributed by atoms with van der Waals surface area (Å²) in [6, 6.07) is 0.890. The number of nitrogens with one attached hydrogen (secondary N) is 1. The van der Waals surface area contributed by atoms with Crippen LogP contribution >= 0.6 is 0 Å². The summed E-state index contributed by atoms with van der Waals surface area (Å²) >= 11 is 0. The molecule has 0 bridgehead atoms. The van der Waals surface area contributed by atoms with Gasteiger partial charge in [0.15, 0.2) is 0 Å². The van der Waals surface area contributed by atoms with Crippen LogP contribution in [-0.2, 0) is 0 Å². The van der Waals surface area contributed by atoms with Crippen LogP contribution in [0.4, 0.5) is 0 Å². The first-order valence-corrected chi connectivity index (χ1v) is 6.82. The molecule has 15 heavy (non-hydrogen) atoms. The molecule has 2 heteroatoms. The fraction of sp³-hybridized carbons (Fsp3) is 1.00. The van der Waals surface area contributed by atoms with Gasteiger partial charge in [-0.2, -0.15) is 0 Å². The maximum atomic E-state index is 3.57. The topological polar surface area (TPSA) is 15.3 Å². The predicted octanol–water partition coefficient (Wildman–Crippen LogP) is 2.64. The first kappa shape index (κ1) is 13.0. The Labute approximate surface area is 95.4 Å². The van der Waals surface area contributed by atoms with Crippen LogP contribution in [0.5, 0.6) is 0 Å². The van der Waals surface area contributed by atoms with Gasteiger partial charge in [0.25, 0.3) is 0 Å². The van der Waals surface area contributed by atoms with E-state index in [1.54, 1.807) is 0 Å². The summed E-state index contributed by atoms with van der Waals surface area (Å²) < 4.78 is 0. The lowest BCUT2D eigenvalue weighted by Gasteiger charge is -2.17. The molecule has 0 unspecified atom stereocenters. The summed E-state index contributed by atoms with van der Waals surface area (Å²) in [5.74, 6) is 0. The Morgan fingerprint density at radius 2 is 1.67 bits per heavy atom. The maximum absolute atomic E-state index is 3.57. The van der Waals surface area contributed by atoms with Crippen LogP contribution in [0.3, 0.4) is 0 Å². The molecule has 0 spiro atoms. The highest BCUT2D eigenvalue weighted by atomic mass is 15.1. The van der Waals surface area contributed by atoms with Gasteiger partial charge >= 0.3 is 0 Å². The molecule has 0 amide bonds. The van der Waals surface area contributed by atoms with Gasteiger partial charge in [-0.25, -0.2) is 0 Å². The number of hydrogen-bond donors (Lipinski definition) is 1. The van der Waals surface area contributed by atoms with Crippen molar-refractivity contribution in [2.24, 2.45) is 0 Å². The van der Waals surface area contributed by atoms with E-state index < -0.39 is 0 Å². The van der Waals surface area contributed by atoms with Crippen molar-refractivity contribution in [1.82, 2.24) is 10.2 Å². The Bertz CT molecular complexity index is 139. The summed E-state index contributed by atoms with van der Waals surface area (Å²) in [6.07, 6.45) is 8.40. The minimum absolute atomic E-state index is 0.890. The highest BCUT2D eigenvalue weighted by molar-refractivity contribution is 4.80. The average Bonchev–Trinajstić information content (AvgIpc) is 3.06. The van der Waals surface area contributed by atoms with E-state index in [-0.39, 0.29) is 0 Å². The second-order valence-electron chi connectivity index (χ2n) is 4.67. The van der Waals surface area contributed by atoms with Gasteiger partial charge in [-0.05, 0) is 51.9 Å². The second-order valence-corrected chi connectivity index (χ2v) is 4.67. The molecule has 1 rings (SSSR count). The van der Waals surface area contributed by atoms with E-state index in [1.165, 1.54) is 64.7 Å². The lowest BCUT2D eigenvalue weighted by atomic mass is 10.2. The Morgan fingerprint density at radius 3 is 2.27 bits per heavy atom. The molecular formula is C13H28N2. The van der Waals surface area contributed by atoms with Crippen molar-refractivity contribution in [3.8, 4) is 0 Å². The van der Waals surface area contributed by atoms with Crippen molar-refractivity contribution in [2.45, 2.75) is 58.4 Å². The number of unbranched alkanes of at least 4 members (excludes halogenated alkanes) is 3. The predicted molar refractivity (Wildman–Crippen MR) is 67.3 cm³/mol. The van der Waals surface area contributed by atoms with E-state index in [4.69, 9.17) is 0 Å². The summed E-state index contributed by atoms with van der Waals surface area (Å²) in [6.45, 7) is 9.46. The van der Waals surface area contributed by atoms with Gasteiger partial charge in [0.1, 0.15) is 0 Å². The van der Waals surface area contributed by atoms with Gasteiger partial charge in [0.2, 0.25) is 0 Å². The van der Waals surface area contributed by atoms with Crippen LogP contribution in [-0.4, -0.2) is 37.1 Å². The van der Waals surface area contributed by atoms with E-state index in [9.17, 15) is 0 Å². The highest BCUT2D eigenvalue weighted by Crippen LogP contribution is 2.18. The molecule has 0 aromatic carbocycles. The van der Waals surface area contributed by atoms with Crippen LogP contribution in [0, 0.1) is 0 Å². The Balaban J connectivity index is 1.75. The third-order valence-electron chi connectivity index (χ3n) is 3.31. The highest BCUT2D eigenvalue weighted by Gasteiger charge is 2.19. The molecule has 1 saturated carbocycles. The fourth-order valence-corrected chi connectivity index (χ4v) is 1.95. The van der Waals surface area contributed by atoms with Gasteiger partial charge in [0, 0.05) is 6.04 Å². The minimum atomic E-state index is 0.890. The molecule has 2 nitrogen and oxygen atoms in total. The molecule has 0 aromatic rings. The molecule has 0 aliphatic heterocycles. The van der Waals surface area contributed by atoms with Crippen molar-refractivity contribution >= 4 is 0 Å². The molecule has 1 aliphatic carbocycles. The van der Waals surface area contributed by atoms with Crippen molar-refractivity contribution < 1.29 is 0 Å². The Morgan fingerprint density at radius 1 is 1.00 bits per heavy atom. The molecule has 1 aliphatic rings. The smallest absolute Gasteiger partial charge is 0.00682 e. The molecule has 0 heterocycles. The first-order chi connectivity index (χ1) is 7.36. The normalized spacial score (nSPS) is 16.2. The van der Waals surface area contributed by atoms with Crippen molar-refractivity contribution in [2.75, 3.05) is 26.2 Å². The van der Waals surface area contributed by atoms with Gasteiger partial charge in [-0.15, -0.1) is 0 Å². The zero-order valence-corrected chi connectivity index (χ0v) is 10.6. The molecule has 0 atom stereocenters. The van der Waals surface area contributed by atoms with Crippen LogP contribution < -0.4 is 5.32 Å². The van der Waals surface area contributed by atoms with Gasteiger partial charge in [-0.3, -0.25) is 0 Å². The maximum Gasteiger partial charge on any atom is 0.00682 e. The van der Waals surface area contributed by atoms with E-state index in [0.29, 0.717) is 0 Å². The van der Waals surface area contributed by atoms with Crippen LogP contribution in [0.25, 0.3) is 0 Å². The molecule has 0 saturated heterocycles. The zero-order valence-electron chi connectivity index (χ0n) is 10.6. The third-order valence-corrected chi connectivity index (χ3v) is 3.31. The van der Waals surface area contributed by atoms with Gasteiger partial charge < -0.3 is 10.2 Å². The standard InChI is InChI=1S/C13H28N2/c1-3-15(4-2)12-8-6-5-7-11-14-13-9-10-13/h13-14H,3-12H2,1-2H3. The SMILES string of the molecule is CCN(CC)CCCCCCNC1CC1. The molecule has 1 fully saturated rings. The van der Waals surface area contributed by atoms with E-state index >= 15 is 0 Å². The summed E-state index contributed by atoms with van der Waals surface area (Å²) in [4.78, 5) is 2.52. The summed E-state index contributed by atoms with van der Waals surface area (Å²) in [7, 11) is 0. The monoisotopic (exact) mass is 212 g/mol. The Kier molecular flexibility index (Phi) is 7.03. The molecule has 0 radical (unpaired) electrons. The Hall–Kier alpha value is -0.0800. The lowest BCUT2D eigenvalue weighted by molar-refractivity contribution is 0.295. The fourth-order valence-electron chi connectivity index (χ4n) is 1.95.